The summed E-state index contributed by atoms with van der Waals surface area (Å²) in [7, 11) is 0. The van der Waals surface area contributed by atoms with Crippen molar-refractivity contribution in [1.82, 2.24) is 0 Å². The molecule has 1 N–H and O–H groups in total. The summed E-state index contributed by atoms with van der Waals surface area (Å²) in [5.74, 6) is 0.0676. The molecule has 0 unspecified atom stereocenters. The maximum absolute atomic E-state index is 10.8. The van der Waals surface area contributed by atoms with E-state index >= 15 is 0 Å². The minimum Gasteiger partial charge on any atom is -0.481 e. The van der Waals surface area contributed by atoms with E-state index in [2.05, 4.69) is 13.8 Å². The van der Waals surface area contributed by atoms with Crippen LogP contribution in [0.4, 0.5) is 0 Å². The number of carboxylic acids is 1. The smallest absolute Gasteiger partial charge is 0.303 e. The minimum atomic E-state index is -0.696. The van der Waals surface area contributed by atoms with Gasteiger partial charge < -0.3 is 9.84 Å². The lowest BCUT2D eigenvalue weighted by Gasteiger charge is -2.41. The van der Waals surface area contributed by atoms with Crippen molar-refractivity contribution in [3.05, 3.63) is 0 Å². The molecule has 3 fully saturated rings. The first-order chi connectivity index (χ1) is 7.44. The van der Waals surface area contributed by atoms with Crippen LogP contribution in [0.2, 0.25) is 0 Å². The average Bonchev–Trinajstić information content (AvgIpc) is 2.68. The summed E-state index contributed by atoms with van der Waals surface area (Å²) in [5.41, 5.74) is 0.411. The van der Waals surface area contributed by atoms with Gasteiger partial charge in [0.15, 0.2) is 0 Å². The molecule has 4 bridgehead atoms. The van der Waals surface area contributed by atoms with Crippen LogP contribution in [0.5, 0.6) is 0 Å². The molecule has 1 saturated heterocycles. The molecule has 16 heavy (non-hydrogen) atoms. The largest absolute Gasteiger partial charge is 0.481 e. The Morgan fingerprint density at radius 3 is 2.81 bits per heavy atom. The molecule has 2 saturated carbocycles. The van der Waals surface area contributed by atoms with Gasteiger partial charge >= 0.3 is 5.97 Å². The Bertz CT molecular complexity index is 353. The predicted molar refractivity (Wildman–Crippen MR) is 59.1 cm³/mol. The third-order valence-electron chi connectivity index (χ3n) is 6.13. The number of carboxylic acid groups (broad SMARTS) is 1. The second-order valence-corrected chi connectivity index (χ2v) is 6.37. The second-order valence-electron chi connectivity index (χ2n) is 6.37. The SMILES string of the molecule is C[C@]12CC[C@@H]3C[C@@]1(CCC(=O)O)OC[C@@]32C. The number of hydrogen-bond acceptors (Lipinski definition) is 2. The van der Waals surface area contributed by atoms with Crippen LogP contribution in [0.25, 0.3) is 0 Å². The molecule has 90 valence electrons. The van der Waals surface area contributed by atoms with Crippen LogP contribution >= 0.6 is 0 Å². The highest BCUT2D eigenvalue weighted by molar-refractivity contribution is 5.66. The van der Waals surface area contributed by atoms with E-state index in [-0.39, 0.29) is 17.4 Å². The highest BCUT2D eigenvalue weighted by Gasteiger charge is 2.75. The number of hydrogen-bond donors (Lipinski definition) is 1. The van der Waals surface area contributed by atoms with E-state index in [1.54, 1.807) is 0 Å². The number of aliphatic carboxylic acids is 1. The van der Waals surface area contributed by atoms with Crippen molar-refractivity contribution in [2.24, 2.45) is 16.7 Å². The molecule has 3 aliphatic rings. The Balaban J connectivity index is 1.90. The van der Waals surface area contributed by atoms with Gasteiger partial charge in [-0.05, 0) is 31.6 Å². The fraction of sp³-hybridized carbons (Fsp3) is 0.923. The molecule has 3 nitrogen and oxygen atoms in total. The zero-order chi connectivity index (χ0) is 11.6. The molecule has 3 heteroatoms. The van der Waals surface area contributed by atoms with Crippen LogP contribution in [0.15, 0.2) is 0 Å². The van der Waals surface area contributed by atoms with Crippen molar-refractivity contribution >= 4 is 5.97 Å². The van der Waals surface area contributed by atoms with E-state index in [1.165, 1.54) is 12.8 Å². The fourth-order valence-electron chi connectivity index (χ4n) is 4.76. The molecule has 0 radical (unpaired) electrons. The molecule has 0 spiro atoms. The van der Waals surface area contributed by atoms with Crippen molar-refractivity contribution in [3.8, 4) is 0 Å². The van der Waals surface area contributed by atoms with Crippen LogP contribution in [0.3, 0.4) is 0 Å². The summed E-state index contributed by atoms with van der Waals surface area (Å²) < 4.78 is 6.07. The van der Waals surface area contributed by atoms with Gasteiger partial charge in [-0.3, -0.25) is 4.79 Å². The Morgan fingerprint density at radius 2 is 2.25 bits per heavy atom. The van der Waals surface area contributed by atoms with Gasteiger partial charge in [0.25, 0.3) is 0 Å². The van der Waals surface area contributed by atoms with Gasteiger partial charge in [-0.25, -0.2) is 0 Å². The van der Waals surface area contributed by atoms with Gasteiger partial charge in [-0.15, -0.1) is 0 Å². The average molecular weight is 224 g/mol. The van der Waals surface area contributed by atoms with E-state index in [9.17, 15) is 4.79 Å². The summed E-state index contributed by atoms with van der Waals surface area (Å²) >= 11 is 0. The molecule has 3 rings (SSSR count). The third-order valence-corrected chi connectivity index (χ3v) is 6.13. The third kappa shape index (κ3) is 0.922. The molecular formula is C13H20O3. The topological polar surface area (TPSA) is 46.5 Å². The lowest BCUT2D eigenvalue weighted by molar-refractivity contribution is -0.141. The molecule has 1 heterocycles. The normalized spacial score (nSPS) is 53.5. The van der Waals surface area contributed by atoms with Crippen LogP contribution in [0.1, 0.15) is 46.0 Å². The van der Waals surface area contributed by atoms with Crippen molar-refractivity contribution in [2.75, 3.05) is 6.61 Å². The van der Waals surface area contributed by atoms with Crippen LogP contribution in [0, 0.1) is 16.7 Å². The summed E-state index contributed by atoms with van der Waals surface area (Å²) in [6, 6.07) is 0. The molecule has 1 aliphatic heterocycles. The Labute approximate surface area is 96.2 Å². The first kappa shape index (κ1) is 10.6. The van der Waals surface area contributed by atoms with Crippen LogP contribution < -0.4 is 0 Å². The summed E-state index contributed by atoms with van der Waals surface area (Å²) in [6.07, 6.45) is 4.57. The minimum absolute atomic E-state index is 0.122. The number of ether oxygens (including phenoxy) is 1. The highest BCUT2D eigenvalue weighted by Crippen LogP contribution is 2.75. The van der Waals surface area contributed by atoms with Crippen LogP contribution in [-0.2, 0) is 9.53 Å². The maximum atomic E-state index is 10.8. The molecule has 0 aromatic rings. The molecule has 0 aromatic carbocycles. The van der Waals surface area contributed by atoms with Crippen molar-refractivity contribution < 1.29 is 14.6 Å². The molecular weight excluding hydrogens is 204 g/mol. The molecule has 4 atom stereocenters. The first-order valence-electron chi connectivity index (χ1n) is 6.29. The molecule has 0 aromatic heterocycles. The van der Waals surface area contributed by atoms with Gasteiger partial charge in [-0.2, -0.15) is 0 Å². The Morgan fingerprint density at radius 1 is 1.50 bits per heavy atom. The van der Waals surface area contributed by atoms with E-state index in [1.807, 2.05) is 0 Å². The van der Waals surface area contributed by atoms with E-state index in [0.29, 0.717) is 11.8 Å². The maximum Gasteiger partial charge on any atom is 0.303 e. The van der Waals surface area contributed by atoms with Crippen molar-refractivity contribution in [3.63, 3.8) is 0 Å². The zero-order valence-corrected chi connectivity index (χ0v) is 10.1. The summed E-state index contributed by atoms with van der Waals surface area (Å²) in [6.45, 7) is 5.52. The lowest BCUT2D eigenvalue weighted by atomic mass is 9.65. The zero-order valence-electron chi connectivity index (χ0n) is 10.1. The van der Waals surface area contributed by atoms with Gasteiger partial charge in [0.1, 0.15) is 0 Å². The first-order valence-corrected chi connectivity index (χ1v) is 6.29. The standard InChI is InChI=1S/C13H20O3/c1-11-8-16-13(6-4-10(14)15)7-9(11)3-5-12(11,13)2/h9H,3-8H2,1-2H3,(H,14,15)/t9-,11+,12-,13-/m1/s1. The summed E-state index contributed by atoms with van der Waals surface area (Å²) in [5, 5.41) is 8.86. The number of carbonyl (C=O) groups is 1. The molecule has 0 amide bonds. The van der Waals surface area contributed by atoms with Gasteiger partial charge in [0.05, 0.1) is 12.2 Å². The van der Waals surface area contributed by atoms with E-state index < -0.39 is 5.97 Å². The van der Waals surface area contributed by atoms with E-state index in [4.69, 9.17) is 9.84 Å². The van der Waals surface area contributed by atoms with Gasteiger partial charge in [0.2, 0.25) is 0 Å². The molecule has 2 aliphatic carbocycles. The Hall–Kier alpha value is -0.570. The fourth-order valence-corrected chi connectivity index (χ4v) is 4.76. The van der Waals surface area contributed by atoms with Crippen molar-refractivity contribution in [2.45, 2.75) is 51.6 Å². The van der Waals surface area contributed by atoms with Crippen molar-refractivity contribution in [1.29, 1.82) is 0 Å². The number of rotatable bonds is 3. The Kier molecular flexibility index (Phi) is 1.86. The van der Waals surface area contributed by atoms with Crippen LogP contribution in [-0.4, -0.2) is 23.3 Å². The summed E-state index contributed by atoms with van der Waals surface area (Å²) in [4.78, 5) is 10.8. The predicted octanol–water partition coefficient (Wildman–Crippen LogP) is 2.45. The second kappa shape index (κ2) is 2.81. The van der Waals surface area contributed by atoms with E-state index in [0.717, 1.165) is 18.9 Å². The quantitative estimate of drug-likeness (QED) is 0.801. The monoisotopic (exact) mass is 224 g/mol. The van der Waals surface area contributed by atoms with Gasteiger partial charge in [-0.1, -0.05) is 13.8 Å². The van der Waals surface area contributed by atoms with Gasteiger partial charge in [0, 0.05) is 17.3 Å². The highest BCUT2D eigenvalue weighted by atomic mass is 16.5. The lowest BCUT2D eigenvalue weighted by Crippen LogP contribution is -2.43.